The Morgan fingerprint density at radius 2 is 2.31 bits per heavy atom. The van der Waals surface area contributed by atoms with Crippen LogP contribution in [0.25, 0.3) is 0 Å². The smallest absolute Gasteiger partial charge is 0.414 e. The van der Waals surface area contributed by atoms with Crippen LogP contribution < -0.4 is 5.32 Å². The molecule has 2 aliphatic rings. The summed E-state index contributed by atoms with van der Waals surface area (Å²) >= 11 is 0. The van der Waals surface area contributed by atoms with E-state index in [1.807, 2.05) is 0 Å². The highest BCUT2D eigenvalue weighted by Crippen LogP contribution is 2.25. The van der Waals surface area contributed by atoms with E-state index in [2.05, 4.69) is 5.32 Å². The van der Waals surface area contributed by atoms with Gasteiger partial charge in [0.05, 0.1) is 5.92 Å². The number of imide groups is 1. The molecule has 0 aromatic carbocycles. The first kappa shape index (κ1) is 8.50. The molecule has 0 aliphatic carbocycles. The number of rotatable bonds is 0. The zero-order chi connectivity index (χ0) is 9.42. The number of carbonyl (C=O) groups is 2. The van der Waals surface area contributed by atoms with E-state index in [1.54, 1.807) is 0 Å². The molecule has 2 atom stereocenters. The van der Waals surface area contributed by atoms with Crippen molar-refractivity contribution in [3.05, 3.63) is 0 Å². The molecule has 2 aliphatic heterocycles. The summed E-state index contributed by atoms with van der Waals surface area (Å²) in [5.41, 5.74) is 0. The molecule has 0 radical (unpaired) electrons. The number of fused-ring (bicyclic) bond motifs is 2. The molecule has 2 heterocycles. The third-order valence-corrected chi connectivity index (χ3v) is 2.73. The number of piperidine rings is 2. The van der Waals surface area contributed by atoms with Crippen LogP contribution >= 0.6 is 0 Å². The van der Waals surface area contributed by atoms with Crippen LogP contribution in [0.3, 0.4) is 0 Å². The van der Waals surface area contributed by atoms with Gasteiger partial charge in [0.15, 0.2) is 0 Å². The highest BCUT2D eigenvalue weighted by atomic mass is 16.4. The quantitative estimate of drug-likeness (QED) is 0.544. The van der Waals surface area contributed by atoms with E-state index in [0.717, 1.165) is 17.9 Å². The first-order valence-corrected chi connectivity index (χ1v) is 4.43. The largest absolute Gasteiger partial charge is 0.465 e. The van der Waals surface area contributed by atoms with Crippen molar-refractivity contribution in [2.75, 3.05) is 19.6 Å². The second-order valence-corrected chi connectivity index (χ2v) is 3.69. The monoisotopic (exact) mass is 184 g/mol. The van der Waals surface area contributed by atoms with E-state index in [0.29, 0.717) is 19.0 Å². The lowest BCUT2D eigenvalue weighted by atomic mass is 9.85. The van der Waals surface area contributed by atoms with Gasteiger partial charge in [-0.15, -0.1) is 0 Å². The van der Waals surface area contributed by atoms with Gasteiger partial charge in [-0.2, -0.15) is 0 Å². The summed E-state index contributed by atoms with van der Waals surface area (Å²) < 4.78 is 0. The Morgan fingerprint density at radius 1 is 1.54 bits per heavy atom. The molecule has 72 valence electrons. The molecule has 0 unspecified atom stereocenters. The number of carboxylic acid groups (broad SMARTS) is 1. The van der Waals surface area contributed by atoms with Crippen LogP contribution in [0.5, 0.6) is 0 Å². The maximum Gasteiger partial charge on any atom is 0.414 e. The van der Waals surface area contributed by atoms with Crippen LogP contribution in [-0.4, -0.2) is 41.6 Å². The molecule has 2 amide bonds. The molecule has 2 N–H and O–H groups in total. The fourth-order valence-corrected chi connectivity index (χ4v) is 2.10. The van der Waals surface area contributed by atoms with Crippen molar-refractivity contribution >= 4 is 12.0 Å². The number of hydrogen-bond donors (Lipinski definition) is 2. The van der Waals surface area contributed by atoms with Crippen molar-refractivity contribution < 1.29 is 14.7 Å². The maximum absolute atomic E-state index is 11.5. The van der Waals surface area contributed by atoms with E-state index >= 15 is 0 Å². The van der Waals surface area contributed by atoms with Gasteiger partial charge >= 0.3 is 6.09 Å². The van der Waals surface area contributed by atoms with E-state index in [-0.39, 0.29) is 11.8 Å². The van der Waals surface area contributed by atoms with Crippen LogP contribution in [-0.2, 0) is 4.79 Å². The lowest BCUT2D eigenvalue weighted by molar-refractivity contribution is -0.138. The Labute approximate surface area is 75.7 Å². The van der Waals surface area contributed by atoms with Gasteiger partial charge in [-0.25, -0.2) is 9.69 Å². The normalized spacial score (nSPS) is 33.2. The number of likely N-dealkylation sites (tertiary alicyclic amines) is 1. The number of nitrogens with zero attached hydrogens (tertiary/aromatic N) is 1. The summed E-state index contributed by atoms with van der Waals surface area (Å²) in [5, 5.41) is 11.9. The zero-order valence-electron chi connectivity index (χ0n) is 7.19. The van der Waals surface area contributed by atoms with Crippen molar-refractivity contribution in [3.63, 3.8) is 0 Å². The van der Waals surface area contributed by atoms with Crippen LogP contribution in [0.1, 0.15) is 6.42 Å². The van der Waals surface area contributed by atoms with Crippen molar-refractivity contribution in [1.29, 1.82) is 0 Å². The summed E-state index contributed by atoms with van der Waals surface area (Å²) in [5.74, 6) is -0.0490. The molecule has 0 saturated carbocycles. The molecule has 0 aromatic rings. The van der Waals surface area contributed by atoms with Gasteiger partial charge in [0.1, 0.15) is 0 Å². The standard InChI is InChI=1S/C8H12N2O3/c11-7-6-1-5(2-9-3-6)4-10(7)8(12)13/h5-6,9H,1-4H2,(H,12,13)/t5-,6+/m1/s1. The van der Waals surface area contributed by atoms with E-state index in [9.17, 15) is 9.59 Å². The minimum absolute atomic E-state index is 0.122. The van der Waals surface area contributed by atoms with Gasteiger partial charge in [0.25, 0.3) is 0 Å². The lowest BCUT2D eigenvalue weighted by Gasteiger charge is -2.38. The topological polar surface area (TPSA) is 69.6 Å². The van der Waals surface area contributed by atoms with Gasteiger partial charge in [0.2, 0.25) is 5.91 Å². The predicted molar refractivity (Wildman–Crippen MR) is 44.2 cm³/mol. The Balaban J connectivity index is 2.15. The minimum Gasteiger partial charge on any atom is -0.465 e. The zero-order valence-corrected chi connectivity index (χ0v) is 7.19. The van der Waals surface area contributed by atoms with Crippen LogP contribution in [0, 0.1) is 11.8 Å². The number of hydrogen-bond acceptors (Lipinski definition) is 3. The second-order valence-electron chi connectivity index (χ2n) is 3.69. The summed E-state index contributed by atoms with van der Waals surface area (Å²) in [6.45, 7) is 1.81. The number of amides is 2. The van der Waals surface area contributed by atoms with Gasteiger partial charge in [-0.05, 0) is 18.9 Å². The van der Waals surface area contributed by atoms with Crippen LogP contribution in [0.4, 0.5) is 4.79 Å². The van der Waals surface area contributed by atoms with Gasteiger partial charge in [-0.3, -0.25) is 4.79 Å². The molecule has 0 aromatic heterocycles. The van der Waals surface area contributed by atoms with E-state index < -0.39 is 6.09 Å². The molecule has 5 heteroatoms. The van der Waals surface area contributed by atoms with Gasteiger partial charge < -0.3 is 10.4 Å². The van der Waals surface area contributed by atoms with E-state index in [1.165, 1.54) is 0 Å². The molecular formula is C8H12N2O3. The van der Waals surface area contributed by atoms with Crippen molar-refractivity contribution in [3.8, 4) is 0 Å². The fourth-order valence-electron chi connectivity index (χ4n) is 2.10. The third-order valence-electron chi connectivity index (χ3n) is 2.73. The summed E-state index contributed by atoms with van der Waals surface area (Å²) in [7, 11) is 0. The Morgan fingerprint density at radius 3 is 3.00 bits per heavy atom. The molecule has 2 rings (SSSR count). The molecule has 0 spiro atoms. The number of carbonyl (C=O) groups excluding carboxylic acids is 1. The Hall–Kier alpha value is -1.10. The molecule has 2 saturated heterocycles. The van der Waals surface area contributed by atoms with Crippen LogP contribution in [0.15, 0.2) is 0 Å². The summed E-state index contributed by atoms with van der Waals surface area (Å²) in [6, 6.07) is 0. The molecule has 5 nitrogen and oxygen atoms in total. The lowest BCUT2D eigenvalue weighted by Crippen LogP contribution is -2.55. The van der Waals surface area contributed by atoms with Crippen molar-refractivity contribution in [2.45, 2.75) is 6.42 Å². The molecular weight excluding hydrogens is 172 g/mol. The number of nitrogens with one attached hydrogen (secondary N) is 1. The highest BCUT2D eigenvalue weighted by molar-refractivity contribution is 5.93. The second kappa shape index (κ2) is 2.99. The average molecular weight is 184 g/mol. The summed E-state index contributed by atoms with van der Waals surface area (Å²) in [4.78, 5) is 23.1. The summed E-state index contributed by atoms with van der Waals surface area (Å²) in [6.07, 6.45) is -0.267. The van der Waals surface area contributed by atoms with Gasteiger partial charge in [-0.1, -0.05) is 0 Å². The van der Waals surface area contributed by atoms with Crippen LogP contribution in [0.2, 0.25) is 0 Å². The van der Waals surface area contributed by atoms with Crippen molar-refractivity contribution in [2.24, 2.45) is 11.8 Å². The SMILES string of the molecule is O=C(O)N1C[C@H]2CNC[C@H](C2)C1=O. The minimum atomic E-state index is -1.11. The fraction of sp³-hybridized carbons (Fsp3) is 0.750. The first-order chi connectivity index (χ1) is 6.18. The van der Waals surface area contributed by atoms with E-state index in [4.69, 9.17) is 5.11 Å². The maximum atomic E-state index is 11.5. The molecule has 2 fully saturated rings. The third kappa shape index (κ3) is 1.39. The van der Waals surface area contributed by atoms with Gasteiger partial charge in [0, 0.05) is 13.1 Å². The Kier molecular flexibility index (Phi) is 1.95. The Bertz CT molecular complexity index is 254. The van der Waals surface area contributed by atoms with Crippen molar-refractivity contribution in [1.82, 2.24) is 10.2 Å². The predicted octanol–water partition coefficient (Wildman–Crippen LogP) is -0.268. The molecule has 13 heavy (non-hydrogen) atoms. The molecule has 2 bridgehead atoms. The highest BCUT2D eigenvalue weighted by Gasteiger charge is 2.39. The first-order valence-electron chi connectivity index (χ1n) is 4.43. The average Bonchev–Trinajstić information content (AvgIpc) is 2.12.